The Morgan fingerprint density at radius 2 is 1.36 bits per heavy atom. The van der Waals surface area contributed by atoms with E-state index in [1.54, 1.807) is 0 Å². The fraction of sp³-hybridized carbons (Fsp3) is 0.233. The van der Waals surface area contributed by atoms with Crippen LogP contribution in [-0.4, -0.2) is 33.1 Å². The summed E-state index contributed by atoms with van der Waals surface area (Å²) in [6, 6.07) is 31.1. The first-order chi connectivity index (χ1) is 17.6. The van der Waals surface area contributed by atoms with Gasteiger partial charge in [-0.05, 0) is 29.5 Å². The van der Waals surface area contributed by atoms with Gasteiger partial charge < -0.3 is 15.0 Å². The fourth-order valence-corrected chi connectivity index (χ4v) is 5.20. The maximum atomic E-state index is 12.6. The molecule has 0 aliphatic heterocycles. The molecule has 0 bridgehead atoms. The maximum absolute atomic E-state index is 12.6. The third-order valence-electron chi connectivity index (χ3n) is 7.32. The molecule has 3 aromatic carbocycles. The van der Waals surface area contributed by atoms with Crippen molar-refractivity contribution in [3.63, 3.8) is 0 Å². The molecule has 182 valence electrons. The van der Waals surface area contributed by atoms with E-state index in [4.69, 9.17) is 0 Å². The van der Waals surface area contributed by atoms with E-state index >= 15 is 0 Å². The predicted molar refractivity (Wildman–Crippen MR) is 137 cm³/mol. The van der Waals surface area contributed by atoms with Crippen molar-refractivity contribution in [3.8, 4) is 0 Å². The lowest BCUT2D eigenvalue weighted by Gasteiger charge is -2.37. The van der Waals surface area contributed by atoms with Gasteiger partial charge in [0.1, 0.15) is 11.0 Å². The Hall–Kier alpha value is -4.19. The number of carboxylic acid groups (broad SMARTS) is 1. The van der Waals surface area contributed by atoms with Gasteiger partial charge in [-0.2, -0.15) is 0 Å². The number of nitrogens with zero attached hydrogens (tertiary/aromatic N) is 2. The van der Waals surface area contributed by atoms with Crippen molar-refractivity contribution in [2.45, 2.75) is 31.2 Å². The molecule has 0 radical (unpaired) electrons. The first-order valence-corrected chi connectivity index (χ1v) is 12.3. The van der Waals surface area contributed by atoms with Crippen LogP contribution < -0.4 is 5.32 Å². The molecular weight excluding hydrogens is 450 g/mol. The molecule has 0 atom stereocenters. The van der Waals surface area contributed by atoms with Crippen molar-refractivity contribution < 1.29 is 14.7 Å². The zero-order valence-corrected chi connectivity index (χ0v) is 20.0. The highest BCUT2D eigenvalue weighted by Crippen LogP contribution is 2.42. The summed E-state index contributed by atoms with van der Waals surface area (Å²) in [5.41, 5.74) is 2.23. The first kappa shape index (κ1) is 23.5. The SMILES string of the molecule is O=C(O)C1(C(=O)NCCc2cn(C(c3ccccc3)(c3ccccc3)c3ccccc3)cn2)CCC1. The highest BCUT2D eigenvalue weighted by Gasteiger charge is 2.51. The summed E-state index contributed by atoms with van der Waals surface area (Å²) in [6.45, 7) is 0.333. The molecule has 36 heavy (non-hydrogen) atoms. The predicted octanol–water partition coefficient (Wildman–Crippen LogP) is 4.64. The molecule has 1 fully saturated rings. The topological polar surface area (TPSA) is 84.2 Å². The molecule has 4 aromatic rings. The van der Waals surface area contributed by atoms with Crippen LogP contribution in [0.2, 0.25) is 0 Å². The number of carbonyl (C=O) groups excluding carboxylic acids is 1. The summed E-state index contributed by atoms with van der Waals surface area (Å²) in [5.74, 6) is -1.43. The van der Waals surface area contributed by atoms with E-state index in [9.17, 15) is 14.7 Å². The Bertz CT molecular complexity index is 1230. The van der Waals surface area contributed by atoms with Crippen LogP contribution >= 0.6 is 0 Å². The number of nitrogens with one attached hydrogen (secondary N) is 1. The molecule has 1 aliphatic carbocycles. The fourth-order valence-electron chi connectivity index (χ4n) is 5.20. The van der Waals surface area contributed by atoms with Gasteiger partial charge in [0, 0.05) is 19.2 Å². The molecule has 0 saturated heterocycles. The summed E-state index contributed by atoms with van der Waals surface area (Å²) < 4.78 is 2.13. The van der Waals surface area contributed by atoms with Crippen molar-refractivity contribution in [2.24, 2.45) is 5.41 Å². The van der Waals surface area contributed by atoms with Crippen molar-refractivity contribution in [1.82, 2.24) is 14.9 Å². The van der Waals surface area contributed by atoms with E-state index in [0.29, 0.717) is 25.8 Å². The molecule has 1 saturated carbocycles. The normalized spacial score (nSPS) is 14.6. The number of benzene rings is 3. The van der Waals surface area contributed by atoms with Crippen molar-refractivity contribution in [2.75, 3.05) is 6.54 Å². The molecular formula is C30H29N3O3. The minimum Gasteiger partial charge on any atom is -0.480 e. The molecule has 1 amide bonds. The molecule has 0 unspecified atom stereocenters. The lowest BCUT2D eigenvalue weighted by Crippen LogP contribution is -2.51. The van der Waals surface area contributed by atoms with Gasteiger partial charge in [-0.25, -0.2) is 4.98 Å². The van der Waals surface area contributed by atoms with Gasteiger partial charge in [0.15, 0.2) is 0 Å². The van der Waals surface area contributed by atoms with Gasteiger partial charge in [0.2, 0.25) is 5.91 Å². The van der Waals surface area contributed by atoms with Crippen LogP contribution in [0.4, 0.5) is 0 Å². The van der Waals surface area contributed by atoms with Crippen LogP contribution in [0.1, 0.15) is 41.6 Å². The van der Waals surface area contributed by atoms with Crippen LogP contribution in [0.25, 0.3) is 0 Å². The van der Waals surface area contributed by atoms with Crippen LogP contribution in [0.15, 0.2) is 104 Å². The Kier molecular flexibility index (Phi) is 6.42. The number of aromatic nitrogens is 2. The number of carboxylic acids is 1. The Balaban J connectivity index is 1.49. The number of amides is 1. The molecule has 6 heteroatoms. The zero-order chi connectivity index (χ0) is 25.0. The Labute approximate surface area is 210 Å². The number of imidazole rings is 1. The monoisotopic (exact) mass is 479 g/mol. The summed E-state index contributed by atoms with van der Waals surface area (Å²) in [5, 5.41) is 12.3. The summed E-state index contributed by atoms with van der Waals surface area (Å²) in [6.07, 6.45) is 5.94. The van der Waals surface area contributed by atoms with E-state index in [-0.39, 0.29) is 0 Å². The van der Waals surface area contributed by atoms with Gasteiger partial charge in [0.05, 0.1) is 12.0 Å². The van der Waals surface area contributed by atoms with Gasteiger partial charge >= 0.3 is 5.97 Å². The van der Waals surface area contributed by atoms with Crippen molar-refractivity contribution in [3.05, 3.63) is 126 Å². The quantitative estimate of drug-likeness (QED) is 0.271. The van der Waals surface area contributed by atoms with Crippen LogP contribution in [0, 0.1) is 5.41 Å². The third kappa shape index (κ3) is 3.98. The van der Waals surface area contributed by atoms with Gasteiger partial charge in [0.25, 0.3) is 0 Å². The van der Waals surface area contributed by atoms with E-state index in [1.807, 2.05) is 67.1 Å². The molecule has 2 N–H and O–H groups in total. The molecule has 1 aromatic heterocycles. The molecule has 5 rings (SSSR count). The Morgan fingerprint density at radius 3 is 1.78 bits per heavy atom. The number of hydrogen-bond donors (Lipinski definition) is 2. The minimum atomic E-state index is -1.26. The lowest BCUT2D eigenvalue weighted by molar-refractivity contribution is -0.162. The standard InChI is InChI=1S/C30H29N3O3/c34-27(29(28(35)36)18-10-19-29)31-20-17-26-21-33(22-32-26)30(23-11-4-1-5-12-23,24-13-6-2-7-14-24)25-15-8-3-9-16-25/h1-9,11-16,21-22H,10,17-20H2,(H,31,34)(H,35,36). The van der Waals surface area contributed by atoms with Crippen LogP contribution in [-0.2, 0) is 21.5 Å². The van der Waals surface area contributed by atoms with E-state index in [1.165, 1.54) is 0 Å². The highest BCUT2D eigenvalue weighted by atomic mass is 16.4. The number of aliphatic carboxylic acids is 1. The summed E-state index contributed by atoms with van der Waals surface area (Å²) in [4.78, 5) is 28.9. The second-order valence-electron chi connectivity index (χ2n) is 9.33. The number of rotatable bonds is 9. The maximum Gasteiger partial charge on any atom is 0.319 e. The number of carbonyl (C=O) groups is 2. The second kappa shape index (κ2) is 9.82. The first-order valence-electron chi connectivity index (χ1n) is 12.3. The Morgan fingerprint density at radius 1 is 0.861 bits per heavy atom. The highest BCUT2D eigenvalue weighted by molar-refractivity contribution is 6.02. The lowest BCUT2D eigenvalue weighted by atomic mass is 9.68. The average molecular weight is 480 g/mol. The van der Waals surface area contributed by atoms with Gasteiger partial charge in [-0.1, -0.05) is 97.4 Å². The smallest absolute Gasteiger partial charge is 0.319 e. The third-order valence-corrected chi connectivity index (χ3v) is 7.32. The largest absolute Gasteiger partial charge is 0.480 e. The minimum absolute atomic E-state index is 0.333. The van der Waals surface area contributed by atoms with E-state index < -0.39 is 22.8 Å². The second-order valence-corrected chi connectivity index (χ2v) is 9.33. The van der Waals surface area contributed by atoms with Gasteiger partial charge in [-0.3, -0.25) is 9.59 Å². The van der Waals surface area contributed by atoms with Crippen LogP contribution in [0.5, 0.6) is 0 Å². The van der Waals surface area contributed by atoms with E-state index in [2.05, 4.69) is 51.3 Å². The molecule has 6 nitrogen and oxygen atoms in total. The molecule has 0 spiro atoms. The van der Waals surface area contributed by atoms with Crippen molar-refractivity contribution >= 4 is 11.9 Å². The van der Waals surface area contributed by atoms with Crippen LogP contribution in [0.3, 0.4) is 0 Å². The van der Waals surface area contributed by atoms with Crippen molar-refractivity contribution in [1.29, 1.82) is 0 Å². The van der Waals surface area contributed by atoms with Gasteiger partial charge in [-0.15, -0.1) is 0 Å². The van der Waals surface area contributed by atoms with E-state index in [0.717, 1.165) is 28.8 Å². The zero-order valence-electron chi connectivity index (χ0n) is 20.0. The molecule has 1 aliphatic rings. The molecule has 1 heterocycles. The average Bonchev–Trinajstić information content (AvgIpc) is 3.35. The summed E-state index contributed by atoms with van der Waals surface area (Å²) in [7, 11) is 0. The summed E-state index contributed by atoms with van der Waals surface area (Å²) >= 11 is 0. The number of hydrogen-bond acceptors (Lipinski definition) is 3.